The van der Waals surface area contributed by atoms with Gasteiger partial charge in [0.1, 0.15) is 11.9 Å². The lowest BCUT2D eigenvalue weighted by Gasteiger charge is -2.28. The minimum Gasteiger partial charge on any atom is -0.467 e. The van der Waals surface area contributed by atoms with E-state index in [0.717, 1.165) is 16.7 Å². The van der Waals surface area contributed by atoms with E-state index in [1.165, 1.54) is 31.4 Å². The number of anilines is 2. The Labute approximate surface area is 202 Å². The fourth-order valence-corrected chi connectivity index (χ4v) is 4.20. The largest absolute Gasteiger partial charge is 0.467 e. The number of esters is 1. The van der Waals surface area contributed by atoms with Gasteiger partial charge in [-0.15, -0.1) is 0 Å². The molecule has 1 heterocycles. The molecule has 3 amide bonds. The number of amides is 3. The molecule has 180 valence electrons. The van der Waals surface area contributed by atoms with Gasteiger partial charge in [0.25, 0.3) is 5.91 Å². The molecule has 0 aromatic heterocycles. The van der Waals surface area contributed by atoms with Crippen LogP contribution < -0.4 is 10.6 Å². The van der Waals surface area contributed by atoms with Gasteiger partial charge < -0.3 is 20.3 Å². The zero-order chi connectivity index (χ0) is 25.1. The Morgan fingerprint density at radius 2 is 1.49 bits per heavy atom. The molecule has 4 rings (SSSR count). The van der Waals surface area contributed by atoms with E-state index in [1.807, 2.05) is 38.1 Å². The Kier molecular flexibility index (Phi) is 6.82. The third-order valence-corrected chi connectivity index (χ3v) is 5.93. The molecule has 2 N–H and O–H groups in total. The van der Waals surface area contributed by atoms with Gasteiger partial charge in [-0.3, -0.25) is 4.79 Å². The molecule has 1 unspecified atom stereocenters. The number of benzene rings is 3. The van der Waals surface area contributed by atoms with Crippen LogP contribution in [0.2, 0.25) is 0 Å². The summed E-state index contributed by atoms with van der Waals surface area (Å²) in [6.45, 7) is 4.11. The number of hydrogen-bond acceptors (Lipinski definition) is 4. The maximum atomic E-state index is 13.0. The first-order valence-corrected chi connectivity index (χ1v) is 11.2. The molecule has 0 saturated carbocycles. The van der Waals surface area contributed by atoms with E-state index in [-0.39, 0.29) is 17.6 Å². The van der Waals surface area contributed by atoms with Crippen molar-refractivity contribution in [3.05, 3.63) is 83.7 Å². The van der Waals surface area contributed by atoms with E-state index in [1.54, 1.807) is 23.1 Å². The number of ether oxygens (including phenoxy) is 1. The third kappa shape index (κ3) is 5.16. The van der Waals surface area contributed by atoms with Crippen LogP contribution in [-0.2, 0) is 16.1 Å². The predicted molar refractivity (Wildman–Crippen MR) is 131 cm³/mol. The van der Waals surface area contributed by atoms with Crippen molar-refractivity contribution in [3.8, 4) is 11.1 Å². The summed E-state index contributed by atoms with van der Waals surface area (Å²) >= 11 is 0. The molecule has 0 bridgehead atoms. The Morgan fingerprint density at radius 3 is 2.06 bits per heavy atom. The molecular formula is C27H26FN3O4. The Balaban J connectivity index is 1.46. The summed E-state index contributed by atoms with van der Waals surface area (Å²) in [4.78, 5) is 39.0. The smallest absolute Gasteiger partial charge is 0.328 e. The molecule has 3 aromatic carbocycles. The van der Waals surface area contributed by atoms with Crippen molar-refractivity contribution in [1.29, 1.82) is 0 Å². The number of hydrogen-bond donors (Lipinski definition) is 2. The number of rotatable bonds is 6. The number of methoxy groups -OCH3 is 1. The normalized spacial score (nSPS) is 13.4. The van der Waals surface area contributed by atoms with Crippen molar-refractivity contribution in [2.45, 2.75) is 26.4 Å². The van der Waals surface area contributed by atoms with Crippen molar-refractivity contribution in [3.63, 3.8) is 0 Å². The second-order valence-corrected chi connectivity index (χ2v) is 8.68. The van der Waals surface area contributed by atoms with Gasteiger partial charge in [-0.25, -0.2) is 14.0 Å². The number of nitrogens with one attached hydrogen (secondary N) is 2. The molecule has 8 heteroatoms. The Hall–Kier alpha value is -4.20. The lowest BCUT2D eigenvalue weighted by atomic mass is 10.0. The first-order chi connectivity index (χ1) is 16.8. The zero-order valence-corrected chi connectivity index (χ0v) is 19.7. The van der Waals surface area contributed by atoms with Gasteiger partial charge in [-0.05, 0) is 71.1 Å². The highest BCUT2D eigenvalue weighted by atomic mass is 19.1. The molecule has 0 fully saturated rings. The lowest BCUT2D eigenvalue weighted by Crippen LogP contribution is -2.45. The molecule has 1 atom stereocenters. The highest BCUT2D eigenvalue weighted by Gasteiger charge is 2.38. The molecule has 0 saturated heterocycles. The summed E-state index contributed by atoms with van der Waals surface area (Å²) in [5.41, 5.74) is 4.33. The second-order valence-electron chi connectivity index (χ2n) is 8.68. The molecule has 1 aliphatic rings. The third-order valence-electron chi connectivity index (χ3n) is 5.93. The van der Waals surface area contributed by atoms with Crippen LogP contribution in [-0.4, -0.2) is 36.0 Å². The van der Waals surface area contributed by atoms with Gasteiger partial charge in [0, 0.05) is 23.5 Å². The number of carbonyl (C=O) groups is 3. The van der Waals surface area contributed by atoms with Crippen LogP contribution in [0.3, 0.4) is 0 Å². The summed E-state index contributed by atoms with van der Waals surface area (Å²) in [6.07, 6.45) is 0. The standard InChI is InChI=1S/C27H26FN3O4/c1-16(2)24(26(33)35-3)31-15-19-14-18(6-13-23(19)25(31)32)17-4-9-21(10-5-17)29-27(34)30-22-11-7-20(28)8-12-22/h4-14,16,24H,15H2,1-3H3,(H2,29,30,34). The molecular weight excluding hydrogens is 449 g/mol. The number of urea groups is 1. The fourth-order valence-electron chi connectivity index (χ4n) is 4.20. The minimum atomic E-state index is -0.644. The molecule has 0 aliphatic carbocycles. The van der Waals surface area contributed by atoms with Crippen molar-refractivity contribution < 1.29 is 23.5 Å². The highest BCUT2D eigenvalue weighted by molar-refractivity contribution is 6.01. The lowest BCUT2D eigenvalue weighted by molar-refractivity contribution is -0.147. The van der Waals surface area contributed by atoms with Crippen molar-refractivity contribution in [1.82, 2.24) is 4.90 Å². The molecule has 1 aliphatic heterocycles. The van der Waals surface area contributed by atoms with Gasteiger partial charge in [0.05, 0.1) is 7.11 Å². The number of carbonyl (C=O) groups excluding carboxylic acids is 3. The molecule has 0 radical (unpaired) electrons. The summed E-state index contributed by atoms with van der Waals surface area (Å²) in [7, 11) is 1.33. The maximum absolute atomic E-state index is 13.0. The summed E-state index contributed by atoms with van der Waals surface area (Å²) in [5.74, 6) is -1.06. The van der Waals surface area contributed by atoms with Crippen molar-refractivity contribution >= 4 is 29.3 Å². The Morgan fingerprint density at radius 1 is 0.914 bits per heavy atom. The minimum absolute atomic E-state index is 0.0829. The van der Waals surface area contributed by atoms with Crippen LogP contribution in [0, 0.1) is 11.7 Å². The summed E-state index contributed by atoms with van der Waals surface area (Å²) < 4.78 is 17.9. The topological polar surface area (TPSA) is 87.7 Å². The van der Waals surface area contributed by atoms with E-state index in [2.05, 4.69) is 10.6 Å². The average molecular weight is 476 g/mol. The van der Waals surface area contributed by atoms with Crippen LogP contribution in [0.15, 0.2) is 66.7 Å². The molecule has 3 aromatic rings. The fraction of sp³-hybridized carbons (Fsp3) is 0.222. The van der Waals surface area contributed by atoms with E-state index < -0.39 is 18.0 Å². The van der Waals surface area contributed by atoms with Gasteiger partial charge >= 0.3 is 12.0 Å². The van der Waals surface area contributed by atoms with Crippen LogP contribution in [0.1, 0.15) is 29.8 Å². The number of halogens is 1. The summed E-state index contributed by atoms with van der Waals surface area (Å²) in [6, 6.07) is 17.3. The monoisotopic (exact) mass is 475 g/mol. The first kappa shape index (κ1) is 23.9. The second kappa shape index (κ2) is 9.97. The SMILES string of the molecule is COC(=O)C(C(C)C)N1Cc2cc(-c3ccc(NC(=O)Nc4ccc(F)cc4)cc3)ccc2C1=O. The van der Waals surface area contributed by atoms with Crippen LogP contribution in [0.25, 0.3) is 11.1 Å². The van der Waals surface area contributed by atoms with E-state index in [4.69, 9.17) is 4.74 Å². The van der Waals surface area contributed by atoms with Crippen LogP contribution in [0.4, 0.5) is 20.6 Å². The predicted octanol–water partition coefficient (Wildman–Crippen LogP) is 5.29. The van der Waals surface area contributed by atoms with E-state index in [9.17, 15) is 18.8 Å². The van der Waals surface area contributed by atoms with Gasteiger partial charge in [0.15, 0.2) is 0 Å². The van der Waals surface area contributed by atoms with Gasteiger partial charge in [0.2, 0.25) is 0 Å². The first-order valence-electron chi connectivity index (χ1n) is 11.2. The average Bonchev–Trinajstić information content (AvgIpc) is 3.16. The zero-order valence-electron chi connectivity index (χ0n) is 19.7. The number of fused-ring (bicyclic) bond motifs is 1. The summed E-state index contributed by atoms with van der Waals surface area (Å²) in [5, 5.41) is 5.38. The number of nitrogens with zero attached hydrogens (tertiary/aromatic N) is 1. The maximum Gasteiger partial charge on any atom is 0.328 e. The van der Waals surface area contributed by atoms with E-state index >= 15 is 0 Å². The van der Waals surface area contributed by atoms with Gasteiger partial charge in [-0.1, -0.05) is 32.0 Å². The van der Waals surface area contributed by atoms with E-state index in [0.29, 0.717) is 23.5 Å². The highest BCUT2D eigenvalue weighted by Crippen LogP contribution is 2.32. The van der Waals surface area contributed by atoms with Gasteiger partial charge in [-0.2, -0.15) is 0 Å². The van der Waals surface area contributed by atoms with Crippen LogP contribution in [0.5, 0.6) is 0 Å². The molecule has 7 nitrogen and oxygen atoms in total. The Bertz CT molecular complexity index is 1260. The van der Waals surface area contributed by atoms with Crippen LogP contribution >= 0.6 is 0 Å². The molecule has 35 heavy (non-hydrogen) atoms. The van der Waals surface area contributed by atoms with Crippen molar-refractivity contribution in [2.75, 3.05) is 17.7 Å². The van der Waals surface area contributed by atoms with Crippen molar-refractivity contribution in [2.24, 2.45) is 5.92 Å². The quantitative estimate of drug-likeness (QED) is 0.474. The molecule has 0 spiro atoms.